The number of halogens is 4. The summed E-state index contributed by atoms with van der Waals surface area (Å²) in [6.07, 6.45) is 4.94. The van der Waals surface area contributed by atoms with Gasteiger partial charge in [-0.05, 0) is 12.8 Å². The minimum atomic E-state index is -1.63. The van der Waals surface area contributed by atoms with Crippen LogP contribution in [0.25, 0.3) is 0 Å². The zero-order valence-corrected chi connectivity index (χ0v) is 12.8. The molecule has 0 aromatic carbocycles. The summed E-state index contributed by atoms with van der Waals surface area (Å²) >= 11 is 23.7. The minimum absolute atomic E-state index is 0.279. The monoisotopic (exact) mass is 347 g/mol. The van der Waals surface area contributed by atoms with Crippen molar-refractivity contribution >= 4 is 70.2 Å². The zero-order chi connectivity index (χ0) is 13.5. The molecule has 2 rings (SSSR count). The van der Waals surface area contributed by atoms with Crippen LogP contribution in [0.3, 0.4) is 0 Å². The van der Waals surface area contributed by atoms with Crippen molar-refractivity contribution < 1.29 is 9.59 Å². The van der Waals surface area contributed by atoms with Crippen LogP contribution in [0, 0.1) is 11.8 Å². The van der Waals surface area contributed by atoms with Crippen LogP contribution in [0.15, 0.2) is 12.2 Å². The van der Waals surface area contributed by atoms with Gasteiger partial charge in [-0.2, -0.15) is 0 Å². The van der Waals surface area contributed by atoms with Crippen molar-refractivity contribution in [2.45, 2.75) is 21.3 Å². The van der Waals surface area contributed by atoms with Crippen molar-refractivity contribution in [3.63, 3.8) is 0 Å². The molecule has 2 atom stereocenters. The van der Waals surface area contributed by atoms with Gasteiger partial charge in [0.25, 0.3) is 0 Å². The van der Waals surface area contributed by atoms with Crippen LogP contribution in [0.2, 0.25) is 0 Å². The second-order valence-corrected chi connectivity index (χ2v) is 8.20. The topological polar surface area (TPSA) is 37.4 Å². The highest BCUT2D eigenvalue weighted by Gasteiger charge is 2.51. The van der Waals surface area contributed by atoms with Gasteiger partial charge in [0.15, 0.2) is 4.84 Å². The molecule has 18 heavy (non-hydrogen) atoms. The number of fused-ring (bicyclic) bond motifs is 1. The van der Waals surface area contributed by atoms with Crippen molar-refractivity contribution in [2.24, 2.45) is 11.8 Å². The molecule has 2 amide bonds. The molecule has 0 unspecified atom stereocenters. The third kappa shape index (κ3) is 2.63. The number of hydrogen-bond acceptors (Lipinski definition) is 3. The zero-order valence-electron chi connectivity index (χ0n) is 8.98. The standard InChI is InChI=1S/C10H9Cl4NO2S/c11-9(12)10(13,14)18-15-7(16)5-3-1-2-4-6(5)8(15)17/h1-2,5-6,9H,3-4H2/t5-,6-/m0/s1. The maximum absolute atomic E-state index is 12.1. The number of carbonyl (C=O) groups excluding carboxylic acids is 2. The first-order valence-electron chi connectivity index (χ1n) is 5.22. The lowest BCUT2D eigenvalue weighted by Gasteiger charge is -2.24. The molecule has 8 heteroatoms. The number of rotatable bonds is 3. The minimum Gasteiger partial charge on any atom is -0.273 e. The number of nitrogens with zero attached hydrogens (tertiary/aromatic N) is 1. The number of carbonyl (C=O) groups is 2. The van der Waals surface area contributed by atoms with E-state index in [0.29, 0.717) is 24.8 Å². The van der Waals surface area contributed by atoms with E-state index in [-0.39, 0.29) is 23.7 Å². The van der Waals surface area contributed by atoms with Gasteiger partial charge in [-0.25, -0.2) is 4.31 Å². The molecule has 0 bridgehead atoms. The number of hydrogen-bond donors (Lipinski definition) is 0. The van der Waals surface area contributed by atoms with Crippen LogP contribution in [0.4, 0.5) is 0 Å². The number of allylic oxidation sites excluding steroid dienone is 2. The molecule has 1 heterocycles. The first kappa shape index (κ1) is 14.8. The fourth-order valence-electron chi connectivity index (χ4n) is 2.02. The Balaban J connectivity index is 2.16. The highest BCUT2D eigenvalue weighted by Crippen LogP contribution is 2.48. The fraction of sp³-hybridized carbons (Fsp3) is 0.600. The summed E-state index contributed by atoms with van der Waals surface area (Å²) < 4.78 is -0.630. The smallest absolute Gasteiger partial charge is 0.243 e. The third-order valence-electron chi connectivity index (χ3n) is 2.93. The Bertz CT molecular complexity index is 387. The van der Waals surface area contributed by atoms with Gasteiger partial charge in [0.05, 0.1) is 11.8 Å². The van der Waals surface area contributed by atoms with E-state index in [2.05, 4.69) is 0 Å². The van der Waals surface area contributed by atoms with E-state index in [1.807, 2.05) is 12.2 Å². The van der Waals surface area contributed by atoms with Crippen LogP contribution in [0.5, 0.6) is 0 Å². The predicted octanol–water partition coefficient (Wildman–Crippen LogP) is 3.52. The second-order valence-electron chi connectivity index (χ2n) is 4.08. The predicted molar refractivity (Wildman–Crippen MR) is 74.7 cm³/mol. The largest absolute Gasteiger partial charge is 0.273 e. The number of amides is 2. The summed E-state index contributed by atoms with van der Waals surface area (Å²) in [7, 11) is 0. The average Bonchev–Trinajstić information content (AvgIpc) is 2.55. The van der Waals surface area contributed by atoms with E-state index in [9.17, 15) is 9.59 Å². The van der Waals surface area contributed by atoms with E-state index >= 15 is 0 Å². The number of imide groups is 1. The molecule has 1 saturated heterocycles. The van der Waals surface area contributed by atoms with Crippen LogP contribution in [-0.2, 0) is 9.59 Å². The highest BCUT2D eigenvalue weighted by atomic mass is 35.5. The lowest BCUT2D eigenvalue weighted by molar-refractivity contribution is -0.133. The lowest BCUT2D eigenvalue weighted by atomic mass is 9.85. The Hall–Kier alpha value is 0.390. The molecule has 0 saturated carbocycles. The van der Waals surface area contributed by atoms with Gasteiger partial charge in [0, 0.05) is 11.9 Å². The summed E-state index contributed by atoms with van der Waals surface area (Å²) in [5.74, 6) is -1.19. The molecule has 0 spiro atoms. The summed E-state index contributed by atoms with van der Waals surface area (Å²) in [5.41, 5.74) is 0. The molecule has 0 radical (unpaired) electrons. The summed E-state index contributed by atoms with van der Waals surface area (Å²) in [6, 6.07) is 0. The molecule has 3 nitrogen and oxygen atoms in total. The number of alkyl halides is 4. The van der Waals surface area contributed by atoms with E-state index in [1.165, 1.54) is 0 Å². The van der Waals surface area contributed by atoms with Crippen LogP contribution < -0.4 is 0 Å². The lowest BCUT2D eigenvalue weighted by Crippen LogP contribution is -2.31. The van der Waals surface area contributed by atoms with Crippen LogP contribution in [0.1, 0.15) is 12.8 Å². The van der Waals surface area contributed by atoms with Gasteiger partial charge in [-0.15, -0.1) is 23.2 Å². The SMILES string of the molecule is O=C1[C@H]2CC=CC[C@@H]2C(=O)N1SC(Cl)(Cl)C(Cl)Cl. The van der Waals surface area contributed by atoms with Crippen LogP contribution in [-0.4, -0.2) is 24.6 Å². The van der Waals surface area contributed by atoms with Crippen molar-refractivity contribution in [2.75, 3.05) is 0 Å². The van der Waals surface area contributed by atoms with Gasteiger partial charge in [0.1, 0.15) is 0 Å². The van der Waals surface area contributed by atoms with Crippen molar-refractivity contribution in [3.8, 4) is 0 Å². The van der Waals surface area contributed by atoms with Gasteiger partial charge in [-0.3, -0.25) is 9.59 Å². The van der Waals surface area contributed by atoms with Crippen molar-refractivity contribution in [1.82, 2.24) is 4.31 Å². The molecule has 1 fully saturated rings. The third-order valence-corrected chi connectivity index (χ3v) is 6.17. The highest BCUT2D eigenvalue weighted by molar-refractivity contribution is 8.02. The molecular formula is C10H9Cl4NO2S. The van der Waals surface area contributed by atoms with Gasteiger partial charge in [-0.1, -0.05) is 35.4 Å². The molecule has 1 aliphatic heterocycles. The Morgan fingerprint density at radius 1 is 1.17 bits per heavy atom. The Kier molecular flexibility index (Phi) is 4.44. The summed E-state index contributed by atoms with van der Waals surface area (Å²) in [6.45, 7) is 0. The average molecular weight is 349 g/mol. The quantitative estimate of drug-likeness (QED) is 0.339. The molecule has 0 aromatic heterocycles. The summed E-state index contributed by atoms with van der Waals surface area (Å²) in [5, 5.41) is 0. The van der Waals surface area contributed by atoms with Gasteiger partial charge in [0.2, 0.25) is 15.5 Å². The Morgan fingerprint density at radius 2 is 1.61 bits per heavy atom. The van der Waals surface area contributed by atoms with E-state index in [0.717, 1.165) is 4.31 Å². The molecule has 0 aromatic rings. The van der Waals surface area contributed by atoms with Gasteiger partial charge < -0.3 is 0 Å². The van der Waals surface area contributed by atoms with Crippen molar-refractivity contribution in [3.05, 3.63) is 12.2 Å². The molecule has 100 valence electrons. The molecule has 1 aliphatic carbocycles. The maximum Gasteiger partial charge on any atom is 0.243 e. The molecule has 2 aliphatic rings. The fourth-order valence-corrected chi connectivity index (χ4v) is 3.45. The summed E-state index contributed by atoms with van der Waals surface area (Å²) in [4.78, 5) is 23.1. The maximum atomic E-state index is 12.1. The van der Waals surface area contributed by atoms with E-state index < -0.39 is 8.50 Å². The Morgan fingerprint density at radius 3 is 2.00 bits per heavy atom. The van der Waals surface area contributed by atoms with E-state index in [1.54, 1.807) is 0 Å². The molecule has 0 N–H and O–H groups in total. The second kappa shape index (κ2) is 5.41. The van der Waals surface area contributed by atoms with Crippen LogP contribution >= 0.6 is 58.4 Å². The normalized spacial score (nSPS) is 28.2. The molecular weight excluding hydrogens is 340 g/mol. The van der Waals surface area contributed by atoms with Gasteiger partial charge >= 0.3 is 0 Å². The van der Waals surface area contributed by atoms with E-state index in [4.69, 9.17) is 46.4 Å². The first-order valence-corrected chi connectivity index (χ1v) is 7.62. The van der Waals surface area contributed by atoms with Crippen molar-refractivity contribution in [1.29, 1.82) is 0 Å². The first-order chi connectivity index (χ1) is 8.34. The Labute approximate surface area is 129 Å².